The molecule has 0 radical (unpaired) electrons. The summed E-state index contributed by atoms with van der Waals surface area (Å²) in [5, 5.41) is 5.63. The normalized spacial score (nSPS) is 15.9. The molecule has 4 rings (SSSR count). The van der Waals surface area contributed by atoms with Gasteiger partial charge in [-0.25, -0.2) is 9.78 Å². The maximum Gasteiger partial charge on any atom is 0.341 e. The molecule has 9 heteroatoms. The number of nitrogens with zero attached hydrogens (tertiary/aromatic N) is 2. The molecule has 7 nitrogen and oxygen atoms in total. The zero-order valence-corrected chi connectivity index (χ0v) is 17.8. The van der Waals surface area contributed by atoms with Crippen LogP contribution in [0.2, 0.25) is 0 Å². The van der Waals surface area contributed by atoms with Gasteiger partial charge in [-0.2, -0.15) is 0 Å². The Kier molecular flexibility index (Phi) is 5.51. The van der Waals surface area contributed by atoms with Gasteiger partial charge in [0, 0.05) is 4.88 Å². The van der Waals surface area contributed by atoms with Crippen LogP contribution in [0, 0.1) is 5.92 Å². The van der Waals surface area contributed by atoms with Crippen molar-refractivity contribution in [3.63, 3.8) is 0 Å². The van der Waals surface area contributed by atoms with Crippen LogP contribution < -0.4 is 10.9 Å². The van der Waals surface area contributed by atoms with Crippen molar-refractivity contribution < 1.29 is 14.3 Å². The van der Waals surface area contributed by atoms with E-state index in [1.165, 1.54) is 33.6 Å². The molecule has 3 aromatic heterocycles. The molecule has 0 saturated carbocycles. The molecule has 1 atom stereocenters. The molecule has 0 aromatic carbocycles. The molecular formula is C20H21N3O4S2. The van der Waals surface area contributed by atoms with Crippen LogP contribution in [-0.4, -0.2) is 28.0 Å². The van der Waals surface area contributed by atoms with Crippen LogP contribution in [-0.2, 0) is 28.9 Å². The van der Waals surface area contributed by atoms with Crippen LogP contribution in [0.5, 0.6) is 0 Å². The molecule has 0 saturated heterocycles. The fourth-order valence-electron chi connectivity index (χ4n) is 3.58. The van der Waals surface area contributed by atoms with E-state index in [0.717, 1.165) is 29.7 Å². The predicted molar refractivity (Wildman–Crippen MR) is 114 cm³/mol. The van der Waals surface area contributed by atoms with Crippen molar-refractivity contribution in [2.45, 2.75) is 39.7 Å². The number of amides is 1. The van der Waals surface area contributed by atoms with Crippen molar-refractivity contribution in [1.29, 1.82) is 0 Å². The lowest BCUT2D eigenvalue weighted by atomic mass is 9.88. The third kappa shape index (κ3) is 3.84. The van der Waals surface area contributed by atoms with Gasteiger partial charge in [-0.1, -0.05) is 6.92 Å². The average molecular weight is 432 g/mol. The summed E-state index contributed by atoms with van der Waals surface area (Å²) in [6.45, 7) is 4.05. The second-order valence-corrected chi connectivity index (χ2v) is 9.14. The van der Waals surface area contributed by atoms with Crippen LogP contribution in [0.3, 0.4) is 0 Å². The zero-order valence-electron chi connectivity index (χ0n) is 16.2. The number of carbonyl (C=O) groups is 2. The monoisotopic (exact) mass is 431 g/mol. The van der Waals surface area contributed by atoms with E-state index in [1.807, 2.05) is 0 Å². The van der Waals surface area contributed by atoms with E-state index in [2.05, 4.69) is 17.2 Å². The van der Waals surface area contributed by atoms with Gasteiger partial charge < -0.3 is 10.1 Å². The van der Waals surface area contributed by atoms with Crippen molar-refractivity contribution in [3.8, 4) is 0 Å². The van der Waals surface area contributed by atoms with Gasteiger partial charge >= 0.3 is 5.97 Å². The number of carbonyl (C=O) groups excluding carboxylic acids is 2. The molecule has 152 valence electrons. The number of nitrogens with one attached hydrogen (secondary N) is 1. The number of rotatable bonds is 5. The lowest BCUT2D eigenvalue weighted by Crippen LogP contribution is -2.27. The SMILES string of the molecule is CCOC(=O)c1c(NC(=O)Cn2cnc3sccc3c2=O)sc2c1CC[C@@H](C)C2. The van der Waals surface area contributed by atoms with Crippen molar-refractivity contribution in [3.05, 3.63) is 44.1 Å². The topological polar surface area (TPSA) is 90.3 Å². The molecule has 0 unspecified atom stereocenters. The molecule has 0 fully saturated rings. The summed E-state index contributed by atoms with van der Waals surface area (Å²) >= 11 is 2.81. The second kappa shape index (κ2) is 8.08. The maximum atomic E-state index is 12.7. The van der Waals surface area contributed by atoms with Gasteiger partial charge in [-0.05, 0) is 49.1 Å². The highest BCUT2D eigenvalue weighted by Crippen LogP contribution is 2.40. The maximum absolute atomic E-state index is 12.7. The molecular weight excluding hydrogens is 410 g/mol. The van der Waals surface area contributed by atoms with E-state index in [4.69, 9.17) is 4.74 Å². The Labute approximate surface area is 175 Å². The highest BCUT2D eigenvalue weighted by molar-refractivity contribution is 7.17. The Morgan fingerprint density at radius 3 is 3.03 bits per heavy atom. The van der Waals surface area contributed by atoms with Gasteiger partial charge in [0.15, 0.2) is 0 Å². The summed E-state index contributed by atoms with van der Waals surface area (Å²) in [5.74, 6) is -0.240. The standard InChI is InChI=1S/C20H21N3O4S2/c1-3-27-20(26)16-12-5-4-11(2)8-14(12)29-18(16)22-15(24)9-23-10-21-17-13(19(23)25)6-7-28-17/h6-7,10-11H,3-5,8-9H2,1-2H3,(H,22,24)/t11-/m1/s1. The van der Waals surface area contributed by atoms with E-state index >= 15 is 0 Å². The van der Waals surface area contributed by atoms with E-state index in [1.54, 1.807) is 18.4 Å². The molecule has 0 bridgehead atoms. The molecule has 1 aliphatic carbocycles. The minimum atomic E-state index is -0.409. The Balaban J connectivity index is 1.61. The Morgan fingerprint density at radius 1 is 1.41 bits per heavy atom. The molecule has 0 spiro atoms. The third-order valence-electron chi connectivity index (χ3n) is 5.01. The van der Waals surface area contributed by atoms with Gasteiger partial charge in [0.1, 0.15) is 16.4 Å². The summed E-state index contributed by atoms with van der Waals surface area (Å²) in [6, 6.07) is 1.71. The minimum absolute atomic E-state index is 0.168. The van der Waals surface area contributed by atoms with Crippen LogP contribution >= 0.6 is 22.7 Å². The zero-order chi connectivity index (χ0) is 20.5. The first kappa shape index (κ1) is 19.8. The average Bonchev–Trinajstić information content (AvgIpc) is 3.28. The number of hydrogen-bond acceptors (Lipinski definition) is 7. The molecule has 0 aliphatic heterocycles. The lowest BCUT2D eigenvalue weighted by Gasteiger charge is -2.18. The molecule has 29 heavy (non-hydrogen) atoms. The summed E-state index contributed by atoms with van der Waals surface area (Å²) < 4.78 is 6.51. The third-order valence-corrected chi connectivity index (χ3v) is 7.00. The number of fused-ring (bicyclic) bond motifs is 2. The fraction of sp³-hybridized carbons (Fsp3) is 0.400. The first-order valence-electron chi connectivity index (χ1n) is 9.52. The molecule has 3 heterocycles. The van der Waals surface area contributed by atoms with E-state index in [0.29, 0.717) is 26.7 Å². The molecule has 1 N–H and O–H groups in total. The highest BCUT2D eigenvalue weighted by Gasteiger charge is 2.29. The van der Waals surface area contributed by atoms with Crippen molar-refractivity contribution in [2.24, 2.45) is 5.92 Å². The number of esters is 1. The van der Waals surface area contributed by atoms with Crippen LogP contribution in [0.1, 0.15) is 41.1 Å². The number of hydrogen-bond donors (Lipinski definition) is 1. The fourth-order valence-corrected chi connectivity index (χ4v) is 5.72. The van der Waals surface area contributed by atoms with E-state index < -0.39 is 5.97 Å². The van der Waals surface area contributed by atoms with E-state index in [-0.39, 0.29) is 24.6 Å². The first-order valence-corrected chi connectivity index (χ1v) is 11.2. The van der Waals surface area contributed by atoms with Crippen LogP contribution in [0.15, 0.2) is 22.6 Å². The van der Waals surface area contributed by atoms with Crippen molar-refractivity contribution >= 4 is 49.8 Å². The largest absolute Gasteiger partial charge is 0.462 e. The number of anilines is 1. The van der Waals surface area contributed by atoms with Crippen LogP contribution in [0.4, 0.5) is 5.00 Å². The summed E-state index contributed by atoms with van der Waals surface area (Å²) in [6.07, 6.45) is 4.08. The van der Waals surface area contributed by atoms with E-state index in [9.17, 15) is 14.4 Å². The Bertz CT molecular complexity index is 1140. The first-order chi connectivity index (χ1) is 14.0. The van der Waals surface area contributed by atoms with Crippen molar-refractivity contribution in [1.82, 2.24) is 9.55 Å². The highest BCUT2D eigenvalue weighted by atomic mass is 32.1. The molecule has 3 aromatic rings. The lowest BCUT2D eigenvalue weighted by molar-refractivity contribution is -0.116. The van der Waals surface area contributed by atoms with Gasteiger partial charge in [-0.3, -0.25) is 14.2 Å². The minimum Gasteiger partial charge on any atom is -0.462 e. The van der Waals surface area contributed by atoms with Gasteiger partial charge in [-0.15, -0.1) is 22.7 Å². The molecule has 1 aliphatic rings. The van der Waals surface area contributed by atoms with Crippen molar-refractivity contribution in [2.75, 3.05) is 11.9 Å². The number of aromatic nitrogens is 2. The summed E-state index contributed by atoms with van der Waals surface area (Å²) in [5.41, 5.74) is 1.20. The van der Waals surface area contributed by atoms with Gasteiger partial charge in [0.2, 0.25) is 5.91 Å². The Hall–Kier alpha value is -2.52. The van der Waals surface area contributed by atoms with Gasteiger partial charge in [0.25, 0.3) is 5.56 Å². The molecule has 1 amide bonds. The van der Waals surface area contributed by atoms with Crippen LogP contribution in [0.25, 0.3) is 10.2 Å². The number of ether oxygens (including phenoxy) is 1. The summed E-state index contributed by atoms with van der Waals surface area (Å²) in [7, 11) is 0. The second-order valence-electron chi connectivity index (χ2n) is 7.14. The predicted octanol–water partition coefficient (Wildman–Crippen LogP) is 3.46. The Morgan fingerprint density at radius 2 is 2.24 bits per heavy atom. The number of thiophene rings is 2. The van der Waals surface area contributed by atoms with Gasteiger partial charge in [0.05, 0.1) is 23.9 Å². The smallest absolute Gasteiger partial charge is 0.341 e. The quantitative estimate of drug-likeness (QED) is 0.625. The summed E-state index contributed by atoms with van der Waals surface area (Å²) in [4.78, 5) is 43.7.